The number of carbonyl (C=O) groups is 2. The van der Waals surface area contributed by atoms with Crippen molar-refractivity contribution >= 4 is 12.1 Å². The minimum atomic E-state index is -0.884. The lowest BCUT2D eigenvalue weighted by atomic mass is 10.2. The zero-order chi connectivity index (χ0) is 21.4. The SMILES string of the molecule is CN(Cc1ccc(Oc2ccc(CNCC(=O)O)cc2)cc1)C(=O)OC(C)(C)C. The summed E-state index contributed by atoms with van der Waals surface area (Å²) in [5, 5.41) is 11.5. The molecule has 156 valence electrons. The van der Waals surface area contributed by atoms with E-state index in [0.29, 0.717) is 24.6 Å². The minimum Gasteiger partial charge on any atom is -0.480 e. The fraction of sp³-hybridized carbons (Fsp3) is 0.364. The van der Waals surface area contributed by atoms with Gasteiger partial charge in [0.15, 0.2) is 0 Å². The molecule has 0 heterocycles. The van der Waals surface area contributed by atoms with Gasteiger partial charge in [-0.25, -0.2) is 4.79 Å². The number of carboxylic acids is 1. The number of hydrogen-bond donors (Lipinski definition) is 2. The first-order chi connectivity index (χ1) is 13.6. The topological polar surface area (TPSA) is 88.1 Å². The summed E-state index contributed by atoms with van der Waals surface area (Å²) in [7, 11) is 1.70. The molecule has 29 heavy (non-hydrogen) atoms. The lowest BCUT2D eigenvalue weighted by Gasteiger charge is -2.24. The fourth-order valence-electron chi connectivity index (χ4n) is 2.47. The molecule has 7 nitrogen and oxygen atoms in total. The molecule has 0 spiro atoms. The van der Waals surface area contributed by atoms with Crippen LogP contribution in [0.25, 0.3) is 0 Å². The number of amides is 1. The molecule has 0 aliphatic carbocycles. The summed E-state index contributed by atoms with van der Waals surface area (Å²) in [6, 6.07) is 14.9. The zero-order valence-electron chi connectivity index (χ0n) is 17.3. The number of carbonyl (C=O) groups excluding carboxylic acids is 1. The van der Waals surface area contributed by atoms with Gasteiger partial charge in [-0.3, -0.25) is 4.79 Å². The van der Waals surface area contributed by atoms with Gasteiger partial charge in [-0.2, -0.15) is 0 Å². The molecule has 0 aliphatic heterocycles. The zero-order valence-corrected chi connectivity index (χ0v) is 17.3. The second-order valence-corrected chi connectivity index (χ2v) is 7.72. The normalized spacial score (nSPS) is 11.0. The van der Waals surface area contributed by atoms with Gasteiger partial charge in [0, 0.05) is 20.1 Å². The summed E-state index contributed by atoms with van der Waals surface area (Å²) in [6.07, 6.45) is -0.365. The molecule has 0 unspecified atom stereocenters. The number of nitrogens with one attached hydrogen (secondary N) is 1. The highest BCUT2D eigenvalue weighted by molar-refractivity contribution is 5.69. The van der Waals surface area contributed by atoms with Crippen molar-refractivity contribution in [2.45, 2.75) is 39.5 Å². The van der Waals surface area contributed by atoms with Crippen molar-refractivity contribution in [3.05, 3.63) is 59.7 Å². The second-order valence-electron chi connectivity index (χ2n) is 7.72. The second kappa shape index (κ2) is 9.93. The van der Waals surface area contributed by atoms with Gasteiger partial charge in [-0.15, -0.1) is 0 Å². The van der Waals surface area contributed by atoms with Gasteiger partial charge < -0.3 is 24.8 Å². The Kier molecular flexibility index (Phi) is 7.61. The number of carboxylic acid groups (broad SMARTS) is 1. The van der Waals surface area contributed by atoms with Gasteiger partial charge in [0.25, 0.3) is 0 Å². The summed E-state index contributed by atoms with van der Waals surface area (Å²) in [4.78, 5) is 24.1. The lowest BCUT2D eigenvalue weighted by molar-refractivity contribution is -0.136. The molecule has 0 aromatic heterocycles. The standard InChI is InChI=1S/C22H28N2O5/c1-22(2,3)29-21(27)24(4)15-17-7-11-19(12-8-17)28-18-9-5-16(6-10-18)13-23-14-20(25)26/h5-12,23H,13-15H2,1-4H3,(H,25,26). The first-order valence-electron chi connectivity index (χ1n) is 9.35. The summed E-state index contributed by atoms with van der Waals surface area (Å²) in [5.41, 5.74) is 1.41. The third kappa shape index (κ3) is 8.23. The van der Waals surface area contributed by atoms with E-state index in [1.807, 2.05) is 69.3 Å². The summed E-state index contributed by atoms with van der Waals surface area (Å²) < 4.78 is 11.2. The Bertz CT molecular complexity index is 811. The van der Waals surface area contributed by atoms with E-state index in [2.05, 4.69) is 5.32 Å². The maximum atomic E-state index is 12.0. The number of ether oxygens (including phenoxy) is 2. The van der Waals surface area contributed by atoms with Crippen LogP contribution in [0.2, 0.25) is 0 Å². The highest BCUT2D eigenvalue weighted by Crippen LogP contribution is 2.22. The van der Waals surface area contributed by atoms with Crippen LogP contribution in [0, 0.1) is 0 Å². The third-order valence-electron chi connectivity index (χ3n) is 3.81. The minimum absolute atomic E-state index is 0.0757. The Balaban J connectivity index is 1.87. The molecule has 2 aromatic carbocycles. The van der Waals surface area contributed by atoms with E-state index >= 15 is 0 Å². The van der Waals surface area contributed by atoms with Crippen LogP contribution in [-0.2, 0) is 22.6 Å². The van der Waals surface area contributed by atoms with E-state index in [-0.39, 0.29) is 12.6 Å². The van der Waals surface area contributed by atoms with E-state index in [9.17, 15) is 9.59 Å². The maximum Gasteiger partial charge on any atom is 0.410 e. The van der Waals surface area contributed by atoms with Crippen LogP contribution in [0.1, 0.15) is 31.9 Å². The molecule has 2 aromatic rings. The van der Waals surface area contributed by atoms with Crippen molar-refractivity contribution < 1.29 is 24.2 Å². The average molecular weight is 400 g/mol. The summed E-state index contributed by atoms with van der Waals surface area (Å²) in [6.45, 7) is 6.35. The summed E-state index contributed by atoms with van der Waals surface area (Å²) in [5.74, 6) is 0.488. The first kappa shape index (κ1) is 22.2. The van der Waals surface area contributed by atoms with Crippen molar-refractivity contribution in [1.29, 1.82) is 0 Å². The van der Waals surface area contributed by atoms with Gasteiger partial charge in [0.2, 0.25) is 0 Å². The summed E-state index contributed by atoms with van der Waals surface area (Å²) >= 11 is 0. The van der Waals surface area contributed by atoms with Crippen LogP contribution < -0.4 is 10.1 Å². The van der Waals surface area contributed by atoms with Crippen molar-refractivity contribution in [1.82, 2.24) is 10.2 Å². The van der Waals surface area contributed by atoms with Gasteiger partial charge in [-0.05, 0) is 56.2 Å². The molecule has 2 rings (SSSR count). The monoisotopic (exact) mass is 400 g/mol. The van der Waals surface area contributed by atoms with Gasteiger partial charge in [0.1, 0.15) is 17.1 Å². The number of hydrogen-bond acceptors (Lipinski definition) is 5. The van der Waals surface area contributed by atoms with Crippen molar-refractivity contribution in [3.8, 4) is 11.5 Å². The molecule has 2 N–H and O–H groups in total. The predicted octanol–water partition coefficient (Wildman–Crippen LogP) is 4.02. The molecule has 0 aliphatic rings. The van der Waals surface area contributed by atoms with Crippen LogP contribution in [0.5, 0.6) is 11.5 Å². The van der Waals surface area contributed by atoms with Crippen LogP contribution in [0.3, 0.4) is 0 Å². The van der Waals surface area contributed by atoms with E-state index in [0.717, 1.165) is 11.1 Å². The Hall–Kier alpha value is -3.06. The Morgan fingerprint density at radius 2 is 1.48 bits per heavy atom. The number of nitrogens with zero attached hydrogens (tertiary/aromatic N) is 1. The highest BCUT2D eigenvalue weighted by atomic mass is 16.6. The van der Waals surface area contributed by atoms with Crippen molar-refractivity contribution in [2.24, 2.45) is 0 Å². The van der Waals surface area contributed by atoms with E-state index in [1.165, 1.54) is 4.90 Å². The lowest BCUT2D eigenvalue weighted by Crippen LogP contribution is -2.33. The van der Waals surface area contributed by atoms with E-state index < -0.39 is 11.6 Å². The van der Waals surface area contributed by atoms with Gasteiger partial charge >= 0.3 is 12.1 Å². The Morgan fingerprint density at radius 1 is 0.966 bits per heavy atom. The molecule has 0 saturated heterocycles. The average Bonchev–Trinajstić information content (AvgIpc) is 2.63. The Morgan fingerprint density at radius 3 is 1.97 bits per heavy atom. The number of rotatable bonds is 8. The largest absolute Gasteiger partial charge is 0.480 e. The van der Waals surface area contributed by atoms with Crippen molar-refractivity contribution in [2.75, 3.05) is 13.6 Å². The van der Waals surface area contributed by atoms with Gasteiger partial charge in [0.05, 0.1) is 6.54 Å². The quantitative estimate of drug-likeness (QED) is 0.696. The Labute approximate surface area is 171 Å². The molecule has 0 radical (unpaired) electrons. The van der Waals surface area contributed by atoms with Crippen LogP contribution in [-0.4, -0.2) is 41.3 Å². The molecular weight excluding hydrogens is 372 g/mol. The maximum absolute atomic E-state index is 12.0. The fourth-order valence-corrected chi connectivity index (χ4v) is 2.47. The molecule has 0 atom stereocenters. The third-order valence-corrected chi connectivity index (χ3v) is 3.81. The molecular formula is C22H28N2O5. The predicted molar refractivity (Wildman–Crippen MR) is 110 cm³/mol. The number of benzene rings is 2. The van der Waals surface area contributed by atoms with E-state index in [4.69, 9.17) is 14.6 Å². The van der Waals surface area contributed by atoms with Crippen LogP contribution in [0.15, 0.2) is 48.5 Å². The smallest absolute Gasteiger partial charge is 0.410 e. The van der Waals surface area contributed by atoms with Crippen LogP contribution >= 0.6 is 0 Å². The van der Waals surface area contributed by atoms with Crippen molar-refractivity contribution in [3.63, 3.8) is 0 Å². The van der Waals surface area contributed by atoms with Gasteiger partial charge in [-0.1, -0.05) is 24.3 Å². The molecule has 0 bridgehead atoms. The first-order valence-corrected chi connectivity index (χ1v) is 9.35. The molecule has 7 heteroatoms. The molecule has 0 saturated carbocycles. The highest BCUT2D eigenvalue weighted by Gasteiger charge is 2.19. The van der Waals surface area contributed by atoms with E-state index in [1.54, 1.807) is 7.05 Å². The molecule has 1 amide bonds. The number of aliphatic carboxylic acids is 1. The van der Waals surface area contributed by atoms with Crippen LogP contribution in [0.4, 0.5) is 4.79 Å². The molecule has 0 fully saturated rings.